The Labute approximate surface area is 86.6 Å². The van der Waals surface area contributed by atoms with Gasteiger partial charge >= 0.3 is 0 Å². The predicted octanol–water partition coefficient (Wildman–Crippen LogP) is 2.13. The molecule has 2 rings (SSSR count). The number of alkyl halides is 1. The molecule has 0 fully saturated rings. The molecule has 0 aromatic carbocycles. The van der Waals surface area contributed by atoms with E-state index in [4.69, 9.17) is 11.6 Å². The molecule has 1 atom stereocenters. The molecule has 0 unspecified atom stereocenters. The lowest BCUT2D eigenvalue weighted by atomic mass is 10.0. The maximum atomic E-state index is 5.80. The summed E-state index contributed by atoms with van der Waals surface area (Å²) in [5.74, 6) is 0.668. The first-order chi connectivity index (χ1) is 6.40. The van der Waals surface area contributed by atoms with Crippen LogP contribution in [0, 0.1) is 0 Å². The third-order valence-electron chi connectivity index (χ3n) is 2.17. The highest BCUT2D eigenvalue weighted by Crippen LogP contribution is 2.22. The monoisotopic (exact) mass is 214 g/mol. The molecule has 0 bridgehead atoms. The number of nitrogens with one attached hydrogen (secondary N) is 1. The fourth-order valence-corrected chi connectivity index (χ4v) is 2.25. The summed E-state index contributed by atoms with van der Waals surface area (Å²) in [5, 5.41) is 5.41. The molecule has 0 spiro atoms. The van der Waals surface area contributed by atoms with Crippen molar-refractivity contribution in [2.75, 3.05) is 12.4 Å². The van der Waals surface area contributed by atoms with Crippen LogP contribution in [-0.4, -0.2) is 23.5 Å². The third kappa shape index (κ3) is 2.10. The van der Waals surface area contributed by atoms with Crippen molar-refractivity contribution in [3.8, 4) is 0 Å². The molecule has 4 heteroatoms. The van der Waals surface area contributed by atoms with Crippen LogP contribution in [0.1, 0.15) is 12.1 Å². The molecule has 2 nitrogen and oxygen atoms in total. The number of halogens is 1. The van der Waals surface area contributed by atoms with Crippen LogP contribution < -0.4 is 5.32 Å². The van der Waals surface area contributed by atoms with E-state index in [1.54, 1.807) is 11.3 Å². The number of hydrogen-bond donors (Lipinski definition) is 1. The number of rotatable bonds is 2. The van der Waals surface area contributed by atoms with Crippen molar-refractivity contribution in [3.05, 3.63) is 22.7 Å². The quantitative estimate of drug-likeness (QED) is 0.763. The van der Waals surface area contributed by atoms with Gasteiger partial charge < -0.3 is 5.32 Å². The van der Waals surface area contributed by atoms with Gasteiger partial charge in [0.1, 0.15) is 0 Å². The normalized spacial score (nSPS) is 22.8. The summed E-state index contributed by atoms with van der Waals surface area (Å²) in [5.41, 5.74) is 4.31. The van der Waals surface area contributed by atoms with E-state index in [9.17, 15) is 0 Å². The average molecular weight is 215 g/mol. The van der Waals surface area contributed by atoms with Crippen molar-refractivity contribution in [1.29, 1.82) is 0 Å². The van der Waals surface area contributed by atoms with Gasteiger partial charge in [0.25, 0.3) is 0 Å². The Morgan fingerprint density at radius 1 is 1.69 bits per heavy atom. The summed E-state index contributed by atoms with van der Waals surface area (Å²) in [4.78, 5) is 4.29. The molecule has 1 N–H and O–H groups in total. The molecular formula is C9H11ClN2S. The molecule has 0 saturated heterocycles. The summed E-state index contributed by atoms with van der Waals surface area (Å²) in [7, 11) is 0. The summed E-state index contributed by atoms with van der Waals surface area (Å²) in [6, 6.07) is 0.406. The van der Waals surface area contributed by atoms with Crippen LogP contribution in [0.15, 0.2) is 17.0 Å². The molecule has 0 aliphatic carbocycles. The van der Waals surface area contributed by atoms with Crippen molar-refractivity contribution >= 4 is 28.5 Å². The van der Waals surface area contributed by atoms with Crippen LogP contribution in [0.25, 0.3) is 5.57 Å². The Hall–Kier alpha value is -0.380. The minimum absolute atomic E-state index is 0.406. The van der Waals surface area contributed by atoms with E-state index < -0.39 is 0 Å². The Bertz CT molecular complexity index is 295. The van der Waals surface area contributed by atoms with E-state index >= 15 is 0 Å². The first-order valence-electron chi connectivity index (χ1n) is 4.27. The minimum atomic E-state index is 0.406. The predicted molar refractivity (Wildman–Crippen MR) is 57.2 cm³/mol. The van der Waals surface area contributed by atoms with Crippen LogP contribution in [0.5, 0.6) is 0 Å². The lowest BCUT2D eigenvalue weighted by Crippen LogP contribution is -2.34. The first-order valence-corrected chi connectivity index (χ1v) is 5.75. The summed E-state index contributed by atoms with van der Waals surface area (Å²) < 4.78 is 0. The molecule has 70 valence electrons. The number of thiazole rings is 1. The fraction of sp³-hybridized carbons (Fsp3) is 0.444. The molecular weight excluding hydrogens is 204 g/mol. The van der Waals surface area contributed by atoms with Gasteiger partial charge in [0.2, 0.25) is 0 Å². The second kappa shape index (κ2) is 4.22. The molecule has 1 aliphatic rings. The van der Waals surface area contributed by atoms with Gasteiger partial charge in [-0.2, -0.15) is 0 Å². The molecule has 1 aromatic heterocycles. The Kier molecular flexibility index (Phi) is 2.98. The largest absolute Gasteiger partial charge is 0.309 e. The van der Waals surface area contributed by atoms with Gasteiger partial charge in [-0.3, -0.25) is 0 Å². The maximum Gasteiger partial charge on any atom is 0.0798 e. The van der Waals surface area contributed by atoms with E-state index in [0.717, 1.165) is 18.7 Å². The van der Waals surface area contributed by atoms with Crippen molar-refractivity contribution in [2.24, 2.45) is 0 Å². The highest BCUT2D eigenvalue weighted by molar-refractivity contribution is 7.07. The van der Waals surface area contributed by atoms with Crippen molar-refractivity contribution in [2.45, 2.75) is 12.5 Å². The van der Waals surface area contributed by atoms with Gasteiger partial charge in [0, 0.05) is 23.8 Å². The molecule has 1 aromatic rings. The number of aromatic nitrogens is 1. The van der Waals surface area contributed by atoms with Crippen LogP contribution in [0.3, 0.4) is 0 Å². The second-order valence-corrected chi connectivity index (χ2v) is 4.09. The van der Waals surface area contributed by atoms with Gasteiger partial charge in [0.05, 0.1) is 11.2 Å². The summed E-state index contributed by atoms with van der Waals surface area (Å²) in [6.45, 7) is 0.907. The van der Waals surface area contributed by atoms with Gasteiger partial charge in [-0.1, -0.05) is 6.08 Å². The standard InChI is InChI=1S/C9H11ClN2S/c10-4-8-3-7(1-2-11-8)9-5-13-6-12-9/h1,5-6,8,11H,2-4H2/t8-/m1/s1. The van der Waals surface area contributed by atoms with E-state index in [-0.39, 0.29) is 0 Å². The second-order valence-electron chi connectivity index (χ2n) is 3.07. The topological polar surface area (TPSA) is 24.9 Å². The van der Waals surface area contributed by atoms with E-state index in [1.165, 1.54) is 5.57 Å². The van der Waals surface area contributed by atoms with Crippen molar-refractivity contribution in [3.63, 3.8) is 0 Å². The summed E-state index contributed by atoms with van der Waals surface area (Å²) in [6.07, 6.45) is 3.19. The Morgan fingerprint density at radius 3 is 3.31 bits per heavy atom. The Morgan fingerprint density at radius 2 is 2.62 bits per heavy atom. The zero-order valence-corrected chi connectivity index (χ0v) is 8.74. The molecule has 1 aliphatic heterocycles. The molecule has 13 heavy (non-hydrogen) atoms. The molecule has 0 amide bonds. The van der Waals surface area contributed by atoms with Crippen LogP contribution >= 0.6 is 22.9 Å². The van der Waals surface area contributed by atoms with Gasteiger partial charge in [0.15, 0.2) is 0 Å². The fourth-order valence-electron chi connectivity index (χ4n) is 1.46. The average Bonchev–Trinajstić information content (AvgIpc) is 2.71. The molecule has 2 heterocycles. The zero-order valence-electron chi connectivity index (χ0n) is 7.16. The SMILES string of the molecule is ClC[C@H]1CC(c2cscn2)=CCN1. The van der Waals surface area contributed by atoms with Gasteiger partial charge in [-0.05, 0) is 12.0 Å². The van der Waals surface area contributed by atoms with Gasteiger partial charge in [-0.25, -0.2) is 4.98 Å². The number of nitrogens with zero attached hydrogens (tertiary/aromatic N) is 1. The van der Waals surface area contributed by atoms with Crippen LogP contribution in [0.4, 0.5) is 0 Å². The lowest BCUT2D eigenvalue weighted by Gasteiger charge is -2.21. The van der Waals surface area contributed by atoms with E-state index in [2.05, 4.69) is 21.8 Å². The highest BCUT2D eigenvalue weighted by Gasteiger charge is 2.15. The summed E-state index contributed by atoms with van der Waals surface area (Å²) >= 11 is 7.44. The Balaban J connectivity index is 2.12. The smallest absolute Gasteiger partial charge is 0.0798 e. The minimum Gasteiger partial charge on any atom is -0.309 e. The van der Waals surface area contributed by atoms with Crippen LogP contribution in [-0.2, 0) is 0 Å². The maximum absolute atomic E-state index is 5.80. The zero-order chi connectivity index (χ0) is 9.10. The van der Waals surface area contributed by atoms with Crippen molar-refractivity contribution < 1.29 is 0 Å². The first kappa shape index (κ1) is 9.19. The highest BCUT2D eigenvalue weighted by atomic mass is 35.5. The molecule has 0 radical (unpaired) electrons. The van der Waals surface area contributed by atoms with Crippen LogP contribution in [0.2, 0.25) is 0 Å². The van der Waals surface area contributed by atoms with Crippen molar-refractivity contribution in [1.82, 2.24) is 10.3 Å². The van der Waals surface area contributed by atoms with E-state index in [1.807, 2.05) is 5.51 Å². The number of hydrogen-bond acceptors (Lipinski definition) is 3. The molecule has 0 saturated carbocycles. The van der Waals surface area contributed by atoms with Gasteiger partial charge in [-0.15, -0.1) is 22.9 Å². The van der Waals surface area contributed by atoms with E-state index in [0.29, 0.717) is 11.9 Å². The third-order valence-corrected chi connectivity index (χ3v) is 3.13. The lowest BCUT2D eigenvalue weighted by molar-refractivity contribution is 0.583.